The fourth-order valence-corrected chi connectivity index (χ4v) is 5.42. The van der Waals surface area contributed by atoms with E-state index in [0.717, 1.165) is 21.4 Å². The van der Waals surface area contributed by atoms with E-state index in [1.54, 1.807) is 18.0 Å². The molecule has 2 heterocycles. The fourth-order valence-electron chi connectivity index (χ4n) is 2.86. The van der Waals surface area contributed by atoms with Crippen LogP contribution in [0.2, 0.25) is 5.02 Å². The second kappa shape index (κ2) is 12.1. The average Bonchev–Trinajstić information content (AvgIpc) is 3.29. The van der Waals surface area contributed by atoms with Crippen molar-refractivity contribution in [2.45, 2.75) is 23.8 Å². The molecule has 0 saturated carbocycles. The minimum Gasteiger partial charge on any atom is -0.469 e. The number of sulfone groups is 1. The Kier molecular flexibility index (Phi) is 10.1. The number of hydrogen-bond acceptors (Lipinski definition) is 5. The number of benzene rings is 1. The highest BCUT2D eigenvalue weighted by atomic mass is 127. The summed E-state index contributed by atoms with van der Waals surface area (Å²) in [4.78, 5) is 5.73. The highest BCUT2D eigenvalue weighted by molar-refractivity contribution is 14.0. The van der Waals surface area contributed by atoms with E-state index in [1.165, 1.54) is 0 Å². The van der Waals surface area contributed by atoms with Gasteiger partial charge in [-0.05, 0) is 42.8 Å². The van der Waals surface area contributed by atoms with Crippen LogP contribution in [0.4, 0.5) is 0 Å². The van der Waals surface area contributed by atoms with E-state index in [2.05, 4.69) is 15.6 Å². The molecule has 1 aromatic carbocycles. The molecule has 0 aliphatic carbocycles. The second-order valence-electron chi connectivity index (χ2n) is 6.53. The number of halogens is 2. The molecule has 1 atom stereocenters. The molecule has 0 spiro atoms. The van der Waals surface area contributed by atoms with Gasteiger partial charge < -0.3 is 15.1 Å². The molecule has 2 N–H and O–H groups in total. The normalized spacial score (nSPS) is 18.2. The topological polar surface area (TPSA) is 83.7 Å². The zero-order valence-corrected chi connectivity index (χ0v) is 20.6. The van der Waals surface area contributed by atoms with Crippen LogP contribution in [0, 0.1) is 0 Å². The quantitative estimate of drug-likeness (QED) is 0.166. The van der Waals surface area contributed by atoms with Crippen LogP contribution in [0.25, 0.3) is 0 Å². The molecule has 29 heavy (non-hydrogen) atoms. The molecule has 0 bridgehead atoms. The van der Waals surface area contributed by atoms with Crippen LogP contribution in [-0.2, 0) is 16.3 Å². The third-order valence-corrected chi connectivity index (χ3v) is 7.29. The maximum absolute atomic E-state index is 11.7. The lowest BCUT2D eigenvalue weighted by molar-refractivity contribution is 0.510. The van der Waals surface area contributed by atoms with Gasteiger partial charge in [0.1, 0.15) is 5.76 Å². The molecule has 3 rings (SSSR count). The fraction of sp³-hybridized carbons (Fsp3) is 0.421. The molecule has 1 unspecified atom stereocenters. The first-order valence-corrected chi connectivity index (χ1v) is 12.3. The molecule has 1 fully saturated rings. The van der Waals surface area contributed by atoms with Crippen molar-refractivity contribution < 1.29 is 12.8 Å². The van der Waals surface area contributed by atoms with Crippen molar-refractivity contribution >= 4 is 63.1 Å². The first-order chi connectivity index (χ1) is 13.5. The predicted octanol–water partition coefficient (Wildman–Crippen LogP) is 3.61. The van der Waals surface area contributed by atoms with Crippen LogP contribution in [0.5, 0.6) is 0 Å². The van der Waals surface area contributed by atoms with Gasteiger partial charge in [-0.3, -0.25) is 4.99 Å². The summed E-state index contributed by atoms with van der Waals surface area (Å²) >= 11 is 7.63. The third kappa shape index (κ3) is 8.77. The minimum atomic E-state index is -2.94. The SMILES string of the molecule is I.O=S1(=O)CCC(NC(=NCCc2ccco2)NCCSc2ccc(Cl)cc2)C1. The monoisotopic (exact) mass is 569 g/mol. The molecule has 6 nitrogen and oxygen atoms in total. The van der Waals surface area contributed by atoms with E-state index in [1.807, 2.05) is 36.4 Å². The number of nitrogens with zero attached hydrogens (tertiary/aromatic N) is 1. The molecule has 10 heteroatoms. The van der Waals surface area contributed by atoms with Crippen molar-refractivity contribution in [1.29, 1.82) is 0 Å². The molecule has 1 saturated heterocycles. The van der Waals surface area contributed by atoms with Crippen LogP contribution in [0.1, 0.15) is 12.2 Å². The standard InChI is InChI=1S/C19H24ClN3O3S2.HI/c20-15-3-5-18(6-4-15)27-12-10-22-19(21-9-7-17-2-1-11-26-17)23-16-8-13-28(24,25)14-16;/h1-6,11,16H,7-10,12-14H2,(H2,21,22,23);1H. The average molecular weight is 570 g/mol. The first kappa shape index (κ1) is 24.4. The van der Waals surface area contributed by atoms with Gasteiger partial charge in [-0.1, -0.05) is 11.6 Å². The van der Waals surface area contributed by atoms with Crippen molar-refractivity contribution in [3.63, 3.8) is 0 Å². The summed E-state index contributed by atoms with van der Waals surface area (Å²) in [7, 11) is -2.94. The van der Waals surface area contributed by atoms with E-state index in [4.69, 9.17) is 16.0 Å². The lowest BCUT2D eigenvalue weighted by Crippen LogP contribution is -2.44. The van der Waals surface area contributed by atoms with Crippen LogP contribution >= 0.6 is 47.3 Å². The third-order valence-electron chi connectivity index (χ3n) is 4.26. The van der Waals surface area contributed by atoms with E-state index in [-0.39, 0.29) is 41.5 Å². The molecule has 2 aromatic rings. The number of hydrogen-bond donors (Lipinski definition) is 2. The second-order valence-corrected chi connectivity index (χ2v) is 10.4. The Morgan fingerprint density at radius 2 is 2.07 bits per heavy atom. The molecule has 160 valence electrons. The van der Waals surface area contributed by atoms with Crippen LogP contribution in [0.15, 0.2) is 57.0 Å². The summed E-state index contributed by atoms with van der Waals surface area (Å²) in [5, 5.41) is 7.29. The van der Waals surface area contributed by atoms with Crippen LogP contribution < -0.4 is 10.6 Å². The van der Waals surface area contributed by atoms with Gasteiger partial charge >= 0.3 is 0 Å². The zero-order valence-electron chi connectivity index (χ0n) is 15.8. The van der Waals surface area contributed by atoms with Gasteiger partial charge in [-0.2, -0.15) is 0 Å². The molecule has 1 aliphatic heterocycles. The largest absolute Gasteiger partial charge is 0.469 e. The van der Waals surface area contributed by atoms with Crippen LogP contribution in [0.3, 0.4) is 0 Å². The smallest absolute Gasteiger partial charge is 0.191 e. The summed E-state index contributed by atoms with van der Waals surface area (Å²) in [6.45, 7) is 1.27. The number of nitrogens with one attached hydrogen (secondary N) is 2. The van der Waals surface area contributed by atoms with Crippen molar-refractivity contribution in [1.82, 2.24) is 10.6 Å². The number of rotatable bonds is 8. The van der Waals surface area contributed by atoms with Crippen LogP contribution in [-0.4, -0.2) is 50.8 Å². The summed E-state index contributed by atoms with van der Waals surface area (Å²) in [6.07, 6.45) is 2.96. The first-order valence-electron chi connectivity index (χ1n) is 9.16. The summed E-state index contributed by atoms with van der Waals surface area (Å²) in [5.41, 5.74) is 0. The highest BCUT2D eigenvalue weighted by Crippen LogP contribution is 2.19. The number of thioether (sulfide) groups is 1. The summed E-state index contributed by atoms with van der Waals surface area (Å²) in [6, 6.07) is 11.4. The summed E-state index contributed by atoms with van der Waals surface area (Å²) in [5.74, 6) is 2.77. The minimum absolute atomic E-state index is 0. The van der Waals surface area contributed by atoms with Crippen molar-refractivity contribution in [3.8, 4) is 0 Å². The number of guanidine groups is 1. The van der Waals surface area contributed by atoms with E-state index in [9.17, 15) is 8.42 Å². The maximum atomic E-state index is 11.7. The van der Waals surface area contributed by atoms with Crippen molar-refractivity contribution in [2.75, 3.05) is 30.3 Å². The molecule has 1 aliphatic rings. The van der Waals surface area contributed by atoms with E-state index in [0.29, 0.717) is 31.9 Å². The molecule has 0 amide bonds. The van der Waals surface area contributed by atoms with Gasteiger partial charge in [0, 0.05) is 41.2 Å². The Morgan fingerprint density at radius 1 is 1.28 bits per heavy atom. The molecule has 1 aromatic heterocycles. The molecular weight excluding hydrogens is 545 g/mol. The lowest BCUT2D eigenvalue weighted by atomic mass is 10.3. The number of aliphatic imine (C=N–C) groups is 1. The van der Waals surface area contributed by atoms with Crippen molar-refractivity contribution in [2.24, 2.45) is 4.99 Å². The Morgan fingerprint density at radius 3 is 2.72 bits per heavy atom. The van der Waals surface area contributed by atoms with Gasteiger partial charge in [0.05, 0.1) is 17.8 Å². The lowest BCUT2D eigenvalue weighted by Gasteiger charge is -2.16. The van der Waals surface area contributed by atoms with E-state index < -0.39 is 9.84 Å². The molecular formula is C19H25ClIN3O3S2. The van der Waals surface area contributed by atoms with Gasteiger partial charge in [-0.15, -0.1) is 35.7 Å². The maximum Gasteiger partial charge on any atom is 0.191 e. The highest BCUT2D eigenvalue weighted by Gasteiger charge is 2.28. The van der Waals surface area contributed by atoms with Gasteiger partial charge in [-0.25, -0.2) is 8.42 Å². The Labute approximate surface area is 198 Å². The number of furan rings is 1. The Balaban J connectivity index is 0.00000300. The molecule has 0 radical (unpaired) electrons. The van der Waals surface area contributed by atoms with Gasteiger partial charge in [0.15, 0.2) is 15.8 Å². The van der Waals surface area contributed by atoms with Gasteiger partial charge in [0.25, 0.3) is 0 Å². The predicted molar refractivity (Wildman–Crippen MR) is 131 cm³/mol. The van der Waals surface area contributed by atoms with E-state index >= 15 is 0 Å². The summed E-state index contributed by atoms with van der Waals surface area (Å²) < 4.78 is 28.7. The Hall–Kier alpha value is -0.910. The Bertz CT molecular complexity index is 875. The van der Waals surface area contributed by atoms with Gasteiger partial charge in [0.2, 0.25) is 0 Å². The zero-order chi connectivity index (χ0) is 19.8. The van der Waals surface area contributed by atoms with Crippen molar-refractivity contribution in [3.05, 3.63) is 53.4 Å².